The minimum atomic E-state index is -1.04. The molecule has 1 unspecified atom stereocenters. The van der Waals surface area contributed by atoms with E-state index in [1.54, 1.807) is 29.2 Å². The molecule has 1 atom stereocenters. The molecule has 0 N–H and O–H groups in total. The van der Waals surface area contributed by atoms with Gasteiger partial charge in [0.2, 0.25) is 0 Å². The number of hydrogen-bond donors (Lipinski definition) is 0. The Morgan fingerprint density at radius 2 is 1.84 bits per heavy atom. The number of fused-ring (bicyclic) bond motifs is 2. The van der Waals surface area contributed by atoms with Crippen molar-refractivity contribution in [3.8, 4) is 0 Å². The van der Waals surface area contributed by atoms with E-state index in [1.165, 1.54) is 17.3 Å². The Hall–Kier alpha value is -2.76. The number of carbonyl (C=O) groups is 2. The zero-order valence-electron chi connectivity index (χ0n) is 17.0. The van der Waals surface area contributed by atoms with Crippen LogP contribution in [-0.2, 0) is 16.2 Å². The van der Waals surface area contributed by atoms with Crippen LogP contribution in [0.3, 0.4) is 0 Å². The topological polar surface area (TPSA) is 40.6 Å². The molecule has 3 aromatic carbocycles. The van der Waals surface area contributed by atoms with E-state index >= 15 is 0 Å². The maximum atomic E-state index is 14.0. The molecule has 0 saturated carbocycles. The second kappa shape index (κ2) is 7.74. The number of para-hydroxylation sites is 1. The van der Waals surface area contributed by atoms with Gasteiger partial charge in [-0.3, -0.25) is 9.59 Å². The largest absolute Gasteiger partial charge is 0.311 e. The number of rotatable bonds is 3. The molecule has 0 aromatic heterocycles. The van der Waals surface area contributed by atoms with Gasteiger partial charge in [0.25, 0.3) is 11.8 Å². The molecule has 6 heteroatoms. The quantitative estimate of drug-likeness (QED) is 0.550. The molecular formula is C25H21ClN2O2S. The fourth-order valence-corrected chi connectivity index (χ4v) is 6.03. The summed E-state index contributed by atoms with van der Waals surface area (Å²) in [5, 5.41) is 0.505. The van der Waals surface area contributed by atoms with Gasteiger partial charge in [-0.1, -0.05) is 65.7 Å². The number of halogens is 1. The Bertz CT molecular complexity index is 1180. The molecule has 0 aliphatic carbocycles. The molecule has 2 aliphatic rings. The van der Waals surface area contributed by atoms with Gasteiger partial charge in [0.15, 0.2) is 4.87 Å². The zero-order valence-corrected chi connectivity index (χ0v) is 18.6. The van der Waals surface area contributed by atoms with E-state index in [-0.39, 0.29) is 11.8 Å². The number of thioether (sulfide) groups is 1. The number of benzene rings is 3. The van der Waals surface area contributed by atoms with Crippen LogP contribution in [-0.4, -0.2) is 29.0 Å². The monoisotopic (exact) mass is 448 g/mol. The van der Waals surface area contributed by atoms with Crippen LogP contribution in [0.15, 0.2) is 72.8 Å². The van der Waals surface area contributed by atoms with Crippen molar-refractivity contribution in [2.45, 2.75) is 18.3 Å². The molecule has 31 heavy (non-hydrogen) atoms. The number of nitrogens with zero attached hydrogens (tertiary/aromatic N) is 2. The third-order valence-corrected chi connectivity index (χ3v) is 7.53. The number of aryl methyl sites for hydroxylation is 1. The van der Waals surface area contributed by atoms with Crippen LogP contribution in [0.1, 0.15) is 27.0 Å². The SMILES string of the molecule is Cc1ccc(CN2C(=O)C3(SCCN3C(=O)c3cccc(Cl)c3)c3ccccc32)cc1. The van der Waals surface area contributed by atoms with Crippen molar-refractivity contribution in [3.63, 3.8) is 0 Å². The van der Waals surface area contributed by atoms with E-state index in [4.69, 9.17) is 11.6 Å². The first-order chi connectivity index (χ1) is 15.0. The van der Waals surface area contributed by atoms with Gasteiger partial charge < -0.3 is 9.80 Å². The van der Waals surface area contributed by atoms with Crippen molar-refractivity contribution in [2.75, 3.05) is 17.2 Å². The summed E-state index contributed by atoms with van der Waals surface area (Å²) in [7, 11) is 0. The molecular weight excluding hydrogens is 428 g/mol. The fourth-order valence-electron chi connectivity index (χ4n) is 4.38. The van der Waals surface area contributed by atoms with Crippen molar-refractivity contribution in [2.24, 2.45) is 0 Å². The number of anilines is 1. The van der Waals surface area contributed by atoms with E-state index in [2.05, 4.69) is 12.1 Å². The van der Waals surface area contributed by atoms with Crippen LogP contribution in [0, 0.1) is 6.92 Å². The molecule has 2 aliphatic heterocycles. The number of carbonyl (C=O) groups excluding carboxylic acids is 2. The lowest BCUT2D eigenvalue weighted by molar-refractivity contribution is -0.123. The summed E-state index contributed by atoms with van der Waals surface area (Å²) < 4.78 is 0. The van der Waals surface area contributed by atoms with Gasteiger partial charge in [-0.05, 0) is 36.8 Å². The van der Waals surface area contributed by atoms with Crippen LogP contribution in [0.2, 0.25) is 5.02 Å². The highest BCUT2D eigenvalue weighted by molar-refractivity contribution is 8.01. The normalized spacial score (nSPS) is 19.9. The third-order valence-electron chi connectivity index (χ3n) is 5.88. The molecule has 4 nitrogen and oxygen atoms in total. The van der Waals surface area contributed by atoms with E-state index < -0.39 is 4.87 Å². The highest BCUT2D eigenvalue weighted by atomic mass is 35.5. The van der Waals surface area contributed by atoms with E-state index in [9.17, 15) is 9.59 Å². The molecule has 1 fully saturated rings. The van der Waals surface area contributed by atoms with Crippen molar-refractivity contribution in [1.82, 2.24) is 4.90 Å². The van der Waals surface area contributed by atoms with Gasteiger partial charge in [-0.2, -0.15) is 0 Å². The lowest BCUT2D eigenvalue weighted by Gasteiger charge is -2.33. The smallest absolute Gasteiger partial charge is 0.268 e. The number of hydrogen-bond acceptors (Lipinski definition) is 3. The summed E-state index contributed by atoms with van der Waals surface area (Å²) in [4.78, 5) is 30.0. The van der Waals surface area contributed by atoms with Gasteiger partial charge >= 0.3 is 0 Å². The lowest BCUT2D eigenvalue weighted by atomic mass is 10.0. The van der Waals surface area contributed by atoms with Crippen LogP contribution >= 0.6 is 23.4 Å². The Kier molecular flexibility index (Phi) is 5.03. The average Bonchev–Trinajstić information content (AvgIpc) is 3.32. The summed E-state index contributed by atoms with van der Waals surface area (Å²) in [6.07, 6.45) is 0. The summed E-state index contributed by atoms with van der Waals surface area (Å²) in [5.74, 6) is 0.463. The van der Waals surface area contributed by atoms with Crippen molar-refractivity contribution in [3.05, 3.63) is 100 Å². The molecule has 2 heterocycles. The Labute approximate surface area is 190 Å². The lowest BCUT2D eigenvalue weighted by Crippen LogP contribution is -2.50. The summed E-state index contributed by atoms with van der Waals surface area (Å²) in [6, 6.07) is 22.9. The standard InChI is InChI=1S/C25H21ClN2O2S/c1-17-9-11-18(12-10-17)16-27-22-8-3-2-7-21(22)25(24(27)30)28(13-14-31-25)23(29)19-5-4-6-20(26)15-19/h2-12,15H,13-14,16H2,1H3. The summed E-state index contributed by atoms with van der Waals surface area (Å²) >= 11 is 7.67. The molecule has 156 valence electrons. The van der Waals surface area contributed by atoms with Gasteiger partial charge in [0.05, 0.1) is 12.2 Å². The first-order valence-corrected chi connectivity index (χ1v) is 11.6. The van der Waals surface area contributed by atoms with Gasteiger partial charge in [-0.25, -0.2) is 0 Å². The van der Waals surface area contributed by atoms with Gasteiger partial charge in [0, 0.05) is 28.4 Å². The van der Waals surface area contributed by atoms with E-state index in [0.29, 0.717) is 29.4 Å². The van der Waals surface area contributed by atoms with E-state index in [1.807, 2.05) is 48.2 Å². The Morgan fingerprint density at radius 1 is 1.06 bits per heavy atom. The molecule has 0 bridgehead atoms. The maximum absolute atomic E-state index is 14.0. The summed E-state index contributed by atoms with van der Waals surface area (Å²) in [5.41, 5.74) is 4.48. The van der Waals surface area contributed by atoms with Crippen LogP contribution < -0.4 is 4.90 Å². The minimum Gasteiger partial charge on any atom is -0.311 e. The van der Waals surface area contributed by atoms with E-state index in [0.717, 1.165) is 16.8 Å². The van der Waals surface area contributed by atoms with Crippen LogP contribution in [0.25, 0.3) is 0 Å². The van der Waals surface area contributed by atoms with Crippen LogP contribution in [0.4, 0.5) is 5.69 Å². The number of amides is 2. The molecule has 3 aromatic rings. The van der Waals surface area contributed by atoms with Crippen LogP contribution in [0.5, 0.6) is 0 Å². The maximum Gasteiger partial charge on any atom is 0.268 e. The molecule has 1 spiro atoms. The van der Waals surface area contributed by atoms with Gasteiger partial charge in [0.1, 0.15) is 0 Å². The summed E-state index contributed by atoms with van der Waals surface area (Å²) in [6.45, 7) is 3.02. The van der Waals surface area contributed by atoms with Crippen molar-refractivity contribution < 1.29 is 9.59 Å². The second-order valence-corrected chi connectivity index (χ2v) is 9.58. The highest BCUT2D eigenvalue weighted by Crippen LogP contribution is 2.54. The predicted molar refractivity (Wildman–Crippen MR) is 125 cm³/mol. The Morgan fingerprint density at radius 3 is 2.61 bits per heavy atom. The fraction of sp³-hybridized carbons (Fsp3) is 0.200. The molecule has 2 amide bonds. The Balaban J connectivity index is 1.57. The first kappa shape index (κ1) is 20.2. The second-order valence-electron chi connectivity index (χ2n) is 7.85. The third kappa shape index (κ3) is 3.24. The zero-order chi connectivity index (χ0) is 21.6. The van der Waals surface area contributed by atoms with Crippen molar-refractivity contribution in [1.29, 1.82) is 0 Å². The van der Waals surface area contributed by atoms with Gasteiger partial charge in [-0.15, -0.1) is 11.8 Å². The molecule has 1 saturated heterocycles. The predicted octanol–water partition coefficient (Wildman–Crippen LogP) is 5.24. The molecule has 0 radical (unpaired) electrons. The molecule has 5 rings (SSSR count). The first-order valence-electron chi connectivity index (χ1n) is 10.2. The minimum absolute atomic E-state index is 0.0628. The van der Waals surface area contributed by atoms with Crippen molar-refractivity contribution >= 4 is 40.9 Å². The average molecular weight is 449 g/mol. The highest BCUT2D eigenvalue weighted by Gasteiger charge is 2.59.